The summed E-state index contributed by atoms with van der Waals surface area (Å²) < 4.78 is 12.5. The zero-order valence-electron chi connectivity index (χ0n) is 20.4. The van der Waals surface area contributed by atoms with E-state index in [4.69, 9.17) is 14.5 Å². The fraction of sp³-hybridized carbons (Fsp3) is 0.538. The number of nitrogens with one attached hydrogen (secondary N) is 1. The Labute approximate surface area is 209 Å². The second-order valence-electron chi connectivity index (χ2n) is 9.17. The lowest BCUT2D eigenvalue weighted by atomic mass is 9.97. The summed E-state index contributed by atoms with van der Waals surface area (Å²) in [6.45, 7) is 0.494. The first-order chi connectivity index (χ1) is 17.0. The molecule has 0 aliphatic heterocycles. The molecule has 0 radical (unpaired) electrons. The van der Waals surface area contributed by atoms with Crippen molar-refractivity contribution < 1.29 is 14.3 Å². The summed E-state index contributed by atoms with van der Waals surface area (Å²) in [5, 5.41) is 13.4. The van der Waals surface area contributed by atoms with Gasteiger partial charge in [0, 0.05) is 12.6 Å². The van der Waals surface area contributed by atoms with Gasteiger partial charge in [-0.05, 0) is 63.9 Å². The topological polar surface area (TPSA) is 106 Å². The summed E-state index contributed by atoms with van der Waals surface area (Å²) in [7, 11) is 3.07. The van der Waals surface area contributed by atoms with E-state index < -0.39 is 5.54 Å². The van der Waals surface area contributed by atoms with Gasteiger partial charge in [0.1, 0.15) is 5.54 Å². The van der Waals surface area contributed by atoms with Crippen LogP contribution in [0.5, 0.6) is 11.5 Å². The highest BCUT2D eigenvalue weighted by atomic mass is 32.2. The van der Waals surface area contributed by atoms with Crippen molar-refractivity contribution in [1.82, 2.24) is 14.9 Å². The summed E-state index contributed by atoms with van der Waals surface area (Å²) in [4.78, 5) is 31.1. The highest BCUT2D eigenvalue weighted by Crippen LogP contribution is 2.32. The summed E-state index contributed by atoms with van der Waals surface area (Å²) in [6.07, 6.45) is 10.8. The van der Waals surface area contributed by atoms with Crippen LogP contribution < -0.4 is 20.3 Å². The second kappa shape index (κ2) is 11.2. The highest BCUT2D eigenvalue weighted by Gasteiger charge is 2.35. The van der Waals surface area contributed by atoms with Crippen molar-refractivity contribution in [2.45, 2.75) is 75.0 Å². The van der Waals surface area contributed by atoms with E-state index in [9.17, 15) is 14.9 Å². The molecule has 35 heavy (non-hydrogen) atoms. The maximum absolute atomic E-state index is 13.6. The van der Waals surface area contributed by atoms with Gasteiger partial charge in [0.2, 0.25) is 5.91 Å². The molecule has 2 aliphatic rings. The molecule has 1 N–H and O–H groups in total. The Morgan fingerprint density at radius 1 is 1.20 bits per heavy atom. The molecular formula is C26H32N4O4S. The van der Waals surface area contributed by atoms with Crippen LogP contribution in [-0.4, -0.2) is 41.0 Å². The Morgan fingerprint density at radius 2 is 1.94 bits per heavy atom. The van der Waals surface area contributed by atoms with E-state index in [1.54, 1.807) is 16.7 Å². The number of nitriles is 1. The van der Waals surface area contributed by atoms with Crippen molar-refractivity contribution >= 4 is 28.6 Å². The number of carbonyl (C=O) groups is 1. The Morgan fingerprint density at radius 3 is 2.60 bits per heavy atom. The molecule has 8 nitrogen and oxygen atoms in total. The number of hydrogen-bond donors (Lipinski definition) is 1. The van der Waals surface area contributed by atoms with E-state index in [1.807, 2.05) is 0 Å². The van der Waals surface area contributed by atoms with Crippen molar-refractivity contribution in [2.75, 3.05) is 20.0 Å². The quantitative estimate of drug-likeness (QED) is 0.312. The van der Waals surface area contributed by atoms with Crippen LogP contribution in [0.3, 0.4) is 0 Å². The molecule has 0 bridgehead atoms. The first kappa shape index (κ1) is 25.1. The van der Waals surface area contributed by atoms with Crippen LogP contribution >= 0.6 is 11.8 Å². The minimum Gasteiger partial charge on any atom is -0.493 e. The number of allylic oxidation sites excluding steroid dienone is 2. The Hall–Kier alpha value is -2.99. The zero-order chi connectivity index (χ0) is 24.8. The van der Waals surface area contributed by atoms with Gasteiger partial charge in [-0.25, -0.2) is 4.98 Å². The molecule has 0 saturated heterocycles. The zero-order valence-corrected chi connectivity index (χ0v) is 21.2. The Kier molecular flexibility index (Phi) is 8.01. The molecule has 1 fully saturated rings. The van der Waals surface area contributed by atoms with Crippen molar-refractivity contribution in [1.29, 1.82) is 5.26 Å². The van der Waals surface area contributed by atoms with Crippen LogP contribution in [0.15, 0.2) is 33.7 Å². The lowest BCUT2D eigenvalue weighted by Crippen LogP contribution is -2.45. The van der Waals surface area contributed by atoms with Gasteiger partial charge in [0.25, 0.3) is 5.56 Å². The molecule has 1 aromatic heterocycles. The maximum Gasteiger partial charge on any atom is 0.262 e. The van der Waals surface area contributed by atoms with Crippen LogP contribution in [0.2, 0.25) is 0 Å². The van der Waals surface area contributed by atoms with E-state index in [1.165, 1.54) is 44.4 Å². The van der Waals surface area contributed by atoms with E-state index in [0.29, 0.717) is 46.9 Å². The van der Waals surface area contributed by atoms with E-state index in [0.717, 1.165) is 32.1 Å². The molecule has 1 aromatic carbocycles. The third-order valence-corrected chi connectivity index (χ3v) is 7.82. The number of hydrogen-bond acceptors (Lipinski definition) is 7. The van der Waals surface area contributed by atoms with E-state index in [-0.39, 0.29) is 17.2 Å². The maximum atomic E-state index is 13.6. The third-order valence-electron chi connectivity index (χ3n) is 6.85. The summed E-state index contributed by atoms with van der Waals surface area (Å²) in [6, 6.07) is 5.64. The molecule has 0 atom stereocenters. The van der Waals surface area contributed by atoms with Crippen LogP contribution in [0.1, 0.15) is 57.8 Å². The number of methoxy groups -OCH3 is 2. The molecule has 0 spiro atoms. The number of amides is 1. The van der Waals surface area contributed by atoms with Gasteiger partial charge < -0.3 is 14.8 Å². The van der Waals surface area contributed by atoms with Crippen molar-refractivity contribution in [2.24, 2.45) is 0 Å². The van der Waals surface area contributed by atoms with E-state index in [2.05, 4.69) is 17.5 Å². The number of nitrogens with zero attached hydrogens (tertiary/aromatic N) is 3. The smallest absolute Gasteiger partial charge is 0.262 e. The monoisotopic (exact) mass is 496 g/mol. The highest BCUT2D eigenvalue weighted by molar-refractivity contribution is 7.99. The van der Waals surface area contributed by atoms with Gasteiger partial charge in [-0.1, -0.05) is 23.4 Å². The number of aromatic nitrogens is 2. The summed E-state index contributed by atoms with van der Waals surface area (Å²) in [5.41, 5.74) is 0.917. The molecule has 1 heterocycles. The number of benzene rings is 1. The summed E-state index contributed by atoms with van der Waals surface area (Å²) in [5.74, 6) is 0.820. The van der Waals surface area contributed by atoms with Crippen LogP contribution in [0.4, 0.5) is 0 Å². The molecule has 1 saturated carbocycles. The van der Waals surface area contributed by atoms with Crippen molar-refractivity contribution in [3.05, 3.63) is 34.1 Å². The minimum atomic E-state index is -0.772. The van der Waals surface area contributed by atoms with Crippen LogP contribution in [0.25, 0.3) is 10.9 Å². The molecule has 4 rings (SSSR count). The average Bonchev–Trinajstić information content (AvgIpc) is 3.35. The fourth-order valence-electron chi connectivity index (χ4n) is 4.90. The predicted molar refractivity (Wildman–Crippen MR) is 136 cm³/mol. The normalized spacial score (nSPS) is 17.0. The number of thioether (sulfide) groups is 1. The fourth-order valence-corrected chi connectivity index (χ4v) is 5.72. The molecule has 9 heteroatoms. The van der Waals surface area contributed by atoms with Gasteiger partial charge in [-0.2, -0.15) is 5.26 Å². The molecular weight excluding hydrogens is 464 g/mol. The minimum absolute atomic E-state index is 0.0807. The van der Waals surface area contributed by atoms with Gasteiger partial charge in [0.05, 0.1) is 36.9 Å². The molecule has 0 unspecified atom stereocenters. The number of fused-ring (bicyclic) bond motifs is 1. The Bertz CT molecular complexity index is 1220. The number of carbonyl (C=O) groups excluding carboxylic acids is 1. The number of rotatable bonds is 9. The molecule has 2 aromatic rings. The molecule has 2 aliphatic carbocycles. The average molecular weight is 497 g/mol. The molecule has 186 valence electrons. The first-order valence-electron chi connectivity index (χ1n) is 12.2. The first-order valence-corrected chi connectivity index (χ1v) is 13.2. The SMILES string of the molecule is COc1cc2nc(SCC(=O)NC3(C#N)CCCC3)n(CCC3=CCCCC3)c(=O)c2cc1OC. The standard InChI is InChI=1S/C26H32N4O4S/c1-33-21-14-19-20(15-22(21)34-2)28-25(30(24(19)32)13-10-18-8-4-3-5-9-18)35-16-23(31)29-26(17-27)11-6-7-12-26/h8,14-15H,3-7,9-13,16H2,1-2H3,(H,29,31). The van der Waals surface area contributed by atoms with Crippen LogP contribution in [-0.2, 0) is 11.3 Å². The lowest BCUT2D eigenvalue weighted by molar-refractivity contribution is -0.119. The van der Waals surface area contributed by atoms with Gasteiger partial charge in [0.15, 0.2) is 16.7 Å². The number of ether oxygens (including phenoxy) is 2. The largest absolute Gasteiger partial charge is 0.493 e. The lowest BCUT2D eigenvalue weighted by Gasteiger charge is -2.22. The van der Waals surface area contributed by atoms with Crippen LogP contribution in [0, 0.1) is 11.3 Å². The predicted octanol–water partition coefficient (Wildman–Crippen LogP) is 4.35. The van der Waals surface area contributed by atoms with Crippen molar-refractivity contribution in [3.63, 3.8) is 0 Å². The third kappa shape index (κ3) is 5.64. The van der Waals surface area contributed by atoms with Gasteiger partial charge in [-0.15, -0.1) is 0 Å². The van der Waals surface area contributed by atoms with Crippen molar-refractivity contribution in [3.8, 4) is 17.6 Å². The Balaban J connectivity index is 1.63. The van der Waals surface area contributed by atoms with E-state index >= 15 is 0 Å². The van der Waals surface area contributed by atoms with Gasteiger partial charge >= 0.3 is 0 Å². The van der Waals surface area contributed by atoms with Gasteiger partial charge in [-0.3, -0.25) is 14.2 Å². The molecule has 1 amide bonds. The summed E-state index contributed by atoms with van der Waals surface area (Å²) >= 11 is 1.23. The second-order valence-corrected chi connectivity index (χ2v) is 10.1.